The lowest BCUT2D eigenvalue weighted by Crippen LogP contribution is -2.13. The molecule has 0 spiro atoms. The minimum absolute atomic E-state index is 0.0918. The Hall–Kier alpha value is -1.22. The molecular weight excluding hydrogens is 608 g/mol. The van der Waals surface area contributed by atoms with E-state index in [4.69, 9.17) is 19.7 Å². The van der Waals surface area contributed by atoms with Crippen LogP contribution >= 0.6 is 0 Å². The highest BCUT2D eigenvalue weighted by molar-refractivity contribution is 5.70. The van der Waals surface area contributed by atoms with Gasteiger partial charge in [0.1, 0.15) is 13.2 Å². The first-order chi connectivity index (χ1) is 23.4. The third-order valence-electron chi connectivity index (χ3n) is 8.79. The molecule has 0 rings (SSSR count). The Labute approximate surface area is 296 Å². The topological polar surface area (TPSA) is 134 Å². The third kappa shape index (κ3) is 42.8. The second kappa shape index (κ2) is 41.9. The zero-order chi connectivity index (χ0) is 35.8. The van der Waals surface area contributed by atoms with Gasteiger partial charge in [-0.15, -0.1) is 0 Å². The molecule has 288 valence electrons. The van der Waals surface area contributed by atoms with Gasteiger partial charge in [0, 0.05) is 12.8 Å². The molecule has 0 radical (unpaired) electrons. The van der Waals surface area contributed by atoms with Gasteiger partial charge in [-0.05, 0) is 38.5 Å². The maximum absolute atomic E-state index is 11.9. The summed E-state index contributed by atoms with van der Waals surface area (Å²) in [6.07, 6.45) is 33.1. The highest BCUT2D eigenvalue weighted by Crippen LogP contribution is 2.16. The lowest BCUT2D eigenvalue weighted by atomic mass is 10.0. The standard InChI is InChI=1S/C38H74O6.C2H6O2/c1-3-27-35(39)29-23-19-15-11-7-5-9-13-17-21-25-31-37(41)43-33-34-44-38(42)32-26-22-18-14-10-6-8-12-16-20-24-30-36(40)28-4-2;3-1-2-4/h35-36,39-40H,3-34H2,1-2H3;3-4H,1-2H2. The molecule has 0 aromatic rings. The van der Waals surface area contributed by atoms with Crippen LogP contribution in [0.2, 0.25) is 0 Å². The van der Waals surface area contributed by atoms with E-state index in [0.717, 1.165) is 77.0 Å². The van der Waals surface area contributed by atoms with Gasteiger partial charge in [-0.2, -0.15) is 0 Å². The van der Waals surface area contributed by atoms with Crippen molar-refractivity contribution in [2.45, 2.75) is 219 Å². The number of hydrogen-bond acceptors (Lipinski definition) is 8. The molecule has 0 saturated heterocycles. The van der Waals surface area contributed by atoms with E-state index >= 15 is 0 Å². The molecule has 0 aliphatic rings. The molecule has 0 saturated carbocycles. The minimum atomic E-state index is -0.189. The van der Waals surface area contributed by atoms with Crippen LogP contribution in [0.1, 0.15) is 206 Å². The molecule has 2 unspecified atom stereocenters. The summed E-state index contributed by atoms with van der Waals surface area (Å²) in [7, 11) is 0. The number of rotatable bonds is 36. The van der Waals surface area contributed by atoms with Crippen LogP contribution in [0.25, 0.3) is 0 Å². The van der Waals surface area contributed by atoms with Gasteiger partial charge in [0.2, 0.25) is 0 Å². The van der Waals surface area contributed by atoms with Crippen molar-refractivity contribution < 1.29 is 39.5 Å². The van der Waals surface area contributed by atoms with Gasteiger partial charge in [-0.3, -0.25) is 9.59 Å². The second-order valence-corrected chi connectivity index (χ2v) is 13.6. The zero-order valence-corrected chi connectivity index (χ0v) is 31.6. The Balaban J connectivity index is 0. The summed E-state index contributed by atoms with van der Waals surface area (Å²) in [5.74, 6) is -0.379. The SMILES string of the molecule is CCCC(O)CCCCCCCCCCCCCC(=O)OCCOC(=O)CCCCCCCCCCCCCC(O)CCC.OCCO. The Morgan fingerprint density at radius 3 is 0.917 bits per heavy atom. The Morgan fingerprint density at radius 1 is 0.417 bits per heavy atom. The molecule has 4 N–H and O–H groups in total. The van der Waals surface area contributed by atoms with Gasteiger partial charge < -0.3 is 29.9 Å². The average Bonchev–Trinajstić information content (AvgIpc) is 3.07. The van der Waals surface area contributed by atoms with Crippen molar-refractivity contribution in [3.63, 3.8) is 0 Å². The van der Waals surface area contributed by atoms with E-state index in [2.05, 4.69) is 13.8 Å². The highest BCUT2D eigenvalue weighted by Gasteiger charge is 2.06. The molecular formula is C40H80O8. The van der Waals surface area contributed by atoms with Crippen LogP contribution in [0.3, 0.4) is 0 Å². The van der Waals surface area contributed by atoms with Gasteiger partial charge in [0.15, 0.2) is 0 Å². The summed E-state index contributed by atoms with van der Waals surface area (Å²) < 4.78 is 10.4. The first kappa shape index (κ1) is 48.9. The van der Waals surface area contributed by atoms with Gasteiger partial charge in [0.25, 0.3) is 0 Å². The lowest BCUT2D eigenvalue weighted by Gasteiger charge is -2.08. The Morgan fingerprint density at radius 2 is 0.667 bits per heavy atom. The van der Waals surface area contributed by atoms with E-state index in [0.29, 0.717) is 12.8 Å². The summed E-state index contributed by atoms with van der Waals surface area (Å²) in [4.78, 5) is 23.8. The molecule has 48 heavy (non-hydrogen) atoms. The molecule has 0 aromatic carbocycles. The summed E-state index contributed by atoms with van der Waals surface area (Å²) in [5, 5.41) is 34.7. The van der Waals surface area contributed by atoms with Crippen LogP contribution in [-0.2, 0) is 19.1 Å². The molecule has 0 heterocycles. The summed E-state index contributed by atoms with van der Waals surface area (Å²) in [6.45, 7) is 4.31. The summed E-state index contributed by atoms with van der Waals surface area (Å²) in [5.41, 5.74) is 0. The molecule has 0 bridgehead atoms. The number of aliphatic hydroxyl groups is 4. The van der Waals surface area contributed by atoms with E-state index < -0.39 is 0 Å². The van der Waals surface area contributed by atoms with E-state index in [1.165, 1.54) is 103 Å². The lowest BCUT2D eigenvalue weighted by molar-refractivity contribution is -0.152. The van der Waals surface area contributed by atoms with Gasteiger partial charge >= 0.3 is 11.9 Å². The number of aliphatic hydroxyl groups excluding tert-OH is 4. The second-order valence-electron chi connectivity index (χ2n) is 13.6. The minimum Gasteiger partial charge on any atom is -0.462 e. The quantitative estimate of drug-likeness (QED) is 0.0378. The molecule has 0 fully saturated rings. The zero-order valence-electron chi connectivity index (χ0n) is 31.6. The number of hydrogen-bond donors (Lipinski definition) is 4. The Bertz CT molecular complexity index is 591. The van der Waals surface area contributed by atoms with Crippen molar-refractivity contribution in [1.29, 1.82) is 0 Å². The largest absolute Gasteiger partial charge is 0.462 e. The van der Waals surface area contributed by atoms with Crippen molar-refractivity contribution in [1.82, 2.24) is 0 Å². The number of carbonyl (C=O) groups is 2. The molecule has 2 atom stereocenters. The molecule has 0 amide bonds. The smallest absolute Gasteiger partial charge is 0.305 e. The number of esters is 2. The van der Waals surface area contributed by atoms with Gasteiger partial charge in [-0.25, -0.2) is 0 Å². The molecule has 0 aliphatic carbocycles. The fraction of sp³-hybridized carbons (Fsp3) is 0.950. The van der Waals surface area contributed by atoms with E-state index in [1.54, 1.807) is 0 Å². The van der Waals surface area contributed by atoms with Crippen molar-refractivity contribution >= 4 is 11.9 Å². The monoisotopic (exact) mass is 689 g/mol. The number of carbonyl (C=O) groups excluding carboxylic acids is 2. The van der Waals surface area contributed by atoms with Crippen molar-refractivity contribution in [2.24, 2.45) is 0 Å². The van der Waals surface area contributed by atoms with Crippen LogP contribution in [0.4, 0.5) is 0 Å². The van der Waals surface area contributed by atoms with Crippen LogP contribution in [-0.4, -0.2) is 71.0 Å². The Kier molecular flexibility index (Phi) is 42.7. The first-order valence-electron chi connectivity index (χ1n) is 20.3. The summed E-state index contributed by atoms with van der Waals surface area (Å²) >= 11 is 0. The fourth-order valence-corrected chi connectivity index (χ4v) is 5.89. The summed E-state index contributed by atoms with van der Waals surface area (Å²) in [6, 6.07) is 0. The van der Waals surface area contributed by atoms with E-state index in [1.807, 2.05) is 0 Å². The van der Waals surface area contributed by atoms with Crippen LogP contribution < -0.4 is 0 Å². The van der Waals surface area contributed by atoms with Crippen molar-refractivity contribution in [2.75, 3.05) is 26.4 Å². The van der Waals surface area contributed by atoms with Gasteiger partial charge in [-0.1, -0.05) is 155 Å². The van der Waals surface area contributed by atoms with Crippen LogP contribution in [0, 0.1) is 0 Å². The first-order valence-corrected chi connectivity index (χ1v) is 20.3. The highest BCUT2D eigenvalue weighted by atomic mass is 16.6. The van der Waals surface area contributed by atoms with E-state index in [-0.39, 0.29) is 50.6 Å². The molecule has 8 nitrogen and oxygen atoms in total. The number of ether oxygens (including phenoxy) is 2. The molecule has 8 heteroatoms. The molecule has 0 aliphatic heterocycles. The fourth-order valence-electron chi connectivity index (χ4n) is 5.89. The predicted molar refractivity (Wildman–Crippen MR) is 198 cm³/mol. The van der Waals surface area contributed by atoms with Crippen LogP contribution in [0.5, 0.6) is 0 Å². The predicted octanol–water partition coefficient (Wildman–Crippen LogP) is 9.51. The van der Waals surface area contributed by atoms with Gasteiger partial charge in [0.05, 0.1) is 25.4 Å². The van der Waals surface area contributed by atoms with Crippen molar-refractivity contribution in [3.8, 4) is 0 Å². The average molecular weight is 689 g/mol. The third-order valence-corrected chi connectivity index (χ3v) is 8.79. The normalized spacial score (nSPS) is 12.3. The van der Waals surface area contributed by atoms with Crippen LogP contribution in [0.15, 0.2) is 0 Å². The molecule has 0 aromatic heterocycles. The van der Waals surface area contributed by atoms with Crippen molar-refractivity contribution in [3.05, 3.63) is 0 Å². The maximum atomic E-state index is 11.9. The van der Waals surface area contributed by atoms with E-state index in [9.17, 15) is 19.8 Å². The maximum Gasteiger partial charge on any atom is 0.305 e. The number of unbranched alkanes of at least 4 members (excludes halogenated alkanes) is 20.